The smallest absolute Gasteiger partial charge is 0.123 e. The van der Waals surface area contributed by atoms with E-state index >= 15 is 0 Å². The third kappa shape index (κ3) is 3.62. The van der Waals surface area contributed by atoms with Gasteiger partial charge in [0, 0.05) is 34.4 Å². The number of hydrogen-bond donors (Lipinski definition) is 1. The van der Waals surface area contributed by atoms with Crippen LogP contribution in [-0.2, 0) is 10.8 Å². The lowest BCUT2D eigenvalue weighted by molar-refractivity contribution is 0.402. The Kier molecular flexibility index (Phi) is 4.89. The fourth-order valence-electron chi connectivity index (χ4n) is 2.42. The number of halogens is 1. The Morgan fingerprint density at radius 3 is 2.78 bits per heavy atom. The van der Waals surface area contributed by atoms with Crippen LogP contribution in [0.25, 0.3) is 0 Å². The number of nitrogens with one attached hydrogen (secondary N) is 1. The Labute approximate surface area is 110 Å². The fourth-order valence-corrected chi connectivity index (χ4v) is 3.72. The van der Waals surface area contributed by atoms with E-state index in [0.717, 1.165) is 36.3 Å². The zero-order valence-corrected chi connectivity index (χ0v) is 11.5. The van der Waals surface area contributed by atoms with E-state index in [1.54, 1.807) is 12.1 Å². The summed E-state index contributed by atoms with van der Waals surface area (Å²) >= 11 is 0. The molecule has 1 heterocycles. The van der Waals surface area contributed by atoms with E-state index in [-0.39, 0.29) is 11.9 Å². The van der Waals surface area contributed by atoms with Gasteiger partial charge in [0.05, 0.1) is 0 Å². The van der Waals surface area contributed by atoms with E-state index in [1.807, 2.05) is 6.07 Å². The molecule has 1 aromatic rings. The van der Waals surface area contributed by atoms with Crippen molar-refractivity contribution in [3.8, 4) is 0 Å². The molecule has 4 heteroatoms. The third-order valence-corrected chi connectivity index (χ3v) is 4.87. The van der Waals surface area contributed by atoms with Crippen LogP contribution in [0.1, 0.15) is 37.8 Å². The van der Waals surface area contributed by atoms with Gasteiger partial charge in [-0.3, -0.25) is 4.21 Å². The lowest BCUT2D eigenvalue weighted by atomic mass is 10.0. The fraction of sp³-hybridized carbons (Fsp3) is 0.571. The third-order valence-electron chi connectivity index (χ3n) is 3.48. The predicted octanol–water partition coefficient (Wildman–Crippen LogP) is 2.78. The minimum Gasteiger partial charge on any atom is -0.307 e. The van der Waals surface area contributed by atoms with Gasteiger partial charge in [-0.15, -0.1) is 0 Å². The molecule has 100 valence electrons. The normalized spacial score (nSPS) is 25.9. The summed E-state index contributed by atoms with van der Waals surface area (Å²) in [6.07, 6.45) is 2.85. The molecule has 1 fully saturated rings. The minimum absolute atomic E-state index is 0.183. The highest BCUT2D eigenvalue weighted by Crippen LogP contribution is 2.21. The molecule has 0 aliphatic carbocycles. The second-order valence-corrected chi connectivity index (χ2v) is 6.50. The molecule has 0 radical (unpaired) electrons. The zero-order chi connectivity index (χ0) is 13.0. The van der Waals surface area contributed by atoms with E-state index in [9.17, 15) is 8.60 Å². The summed E-state index contributed by atoms with van der Waals surface area (Å²) in [5.41, 5.74) is 1.00. The summed E-state index contributed by atoms with van der Waals surface area (Å²) in [7, 11) is -0.626. The number of benzene rings is 1. The molecule has 1 aliphatic rings. The van der Waals surface area contributed by atoms with E-state index in [1.165, 1.54) is 6.07 Å². The predicted molar refractivity (Wildman–Crippen MR) is 73.5 cm³/mol. The molecule has 1 atom stereocenters. The maximum atomic E-state index is 13.2. The van der Waals surface area contributed by atoms with Gasteiger partial charge in [0.25, 0.3) is 0 Å². The van der Waals surface area contributed by atoms with Crippen molar-refractivity contribution in [2.45, 2.75) is 38.3 Å². The molecule has 0 spiro atoms. The summed E-state index contributed by atoms with van der Waals surface area (Å²) in [4.78, 5) is 0. The van der Waals surface area contributed by atoms with Crippen LogP contribution in [0.5, 0.6) is 0 Å². The SMILES string of the molecule is CCC(NC1CCS(=O)CC1)c1cccc(F)c1. The van der Waals surface area contributed by atoms with Gasteiger partial charge in [-0.1, -0.05) is 19.1 Å². The van der Waals surface area contributed by atoms with Crippen molar-refractivity contribution in [1.29, 1.82) is 0 Å². The Morgan fingerprint density at radius 2 is 2.17 bits per heavy atom. The second-order valence-electron chi connectivity index (χ2n) is 4.80. The van der Waals surface area contributed by atoms with Crippen LogP contribution in [0, 0.1) is 5.82 Å². The highest BCUT2D eigenvalue weighted by molar-refractivity contribution is 7.85. The van der Waals surface area contributed by atoms with Gasteiger partial charge in [-0.25, -0.2) is 4.39 Å². The van der Waals surface area contributed by atoms with E-state index in [4.69, 9.17) is 0 Å². The van der Waals surface area contributed by atoms with Crippen molar-refractivity contribution in [1.82, 2.24) is 5.32 Å². The van der Waals surface area contributed by atoms with E-state index in [0.29, 0.717) is 6.04 Å². The summed E-state index contributed by atoms with van der Waals surface area (Å²) in [6, 6.07) is 7.39. The first-order valence-corrected chi connectivity index (χ1v) is 8.04. The van der Waals surface area contributed by atoms with Gasteiger partial charge < -0.3 is 5.32 Å². The Balaban J connectivity index is 1.99. The minimum atomic E-state index is -0.626. The van der Waals surface area contributed by atoms with Crippen LogP contribution in [0.15, 0.2) is 24.3 Å². The van der Waals surface area contributed by atoms with Gasteiger partial charge in [0.2, 0.25) is 0 Å². The highest BCUT2D eigenvalue weighted by Gasteiger charge is 2.21. The first-order valence-electron chi connectivity index (χ1n) is 6.55. The maximum absolute atomic E-state index is 13.2. The van der Waals surface area contributed by atoms with Gasteiger partial charge >= 0.3 is 0 Å². The van der Waals surface area contributed by atoms with Crippen molar-refractivity contribution in [2.24, 2.45) is 0 Å². The van der Waals surface area contributed by atoms with Crippen LogP contribution >= 0.6 is 0 Å². The molecule has 1 saturated heterocycles. The quantitative estimate of drug-likeness (QED) is 0.910. The Morgan fingerprint density at radius 1 is 1.44 bits per heavy atom. The molecule has 18 heavy (non-hydrogen) atoms. The Hall–Kier alpha value is -0.740. The molecular formula is C14H20FNOS. The summed E-state index contributed by atoms with van der Waals surface area (Å²) < 4.78 is 24.5. The van der Waals surface area contributed by atoms with Gasteiger partial charge in [0.15, 0.2) is 0 Å². The van der Waals surface area contributed by atoms with Gasteiger partial charge in [0.1, 0.15) is 5.82 Å². The number of rotatable bonds is 4. The van der Waals surface area contributed by atoms with Crippen molar-refractivity contribution in [2.75, 3.05) is 11.5 Å². The van der Waals surface area contributed by atoms with Gasteiger partial charge in [-0.05, 0) is 37.0 Å². The molecule has 0 bridgehead atoms. The van der Waals surface area contributed by atoms with Crippen LogP contribution in [0.3, 0.4) is 0 Å². The average Bonchev–Trinajstić information content (AvgIpc) is 2.38. The molecule has 1 aromatic carbocycles. The van der Waals surface area contributed by atoms with Crippen molar-refractivity contribution in [3.05, 3.63) is 35.6 Å². The van der Waals surface area contributed by atoms with Crippen molar-refractivity contribution >= 4 is 10.8 Å². The topological polar surface area (TPSA) is 29.1 Å². The maximum Gasteiger partial charge on any atom is 0.123 e. The van der Waals surface area contributed by atoms with E-state index < -0.39 is 10.8 Å². The molecule has 0 amide bonds. The first-order chi connectivity index (χ1) is 8.69. The van der Waals surface area contributed by atoms with Crippen LogP contribution < -0.4 is 5.32 Å². The first kappa shape index (κ1) is 13.7. The van der Waals surface area contributed by atoms with Crippen LogP contribution in [0.2, 0.25) is 0 Å². The molecular weight excluding hydrogens is 249 g/mol. The molecule has 2 nitrogen and oxygen atoms in total. The monoisotopic (exact) mass is 269 g/mol. The molecule has 1 aliphatic heterocycles. The highest BCUT2D eigenvalue weighted by atomic mass is 32.2. The molecule has 0 saturated carbocycles. The van der Waals surface area contributed by atoms with Crippen LogP contribution in [0.4, 0.5) is 4.39 Å². The lowest BCUT2D eigenvalue weighted by Crippen LogP contribution is -2.38. The second kappa shape index (κ2) is 6.43. The standard InChI is InChI=1S/C14H20FNOS/c1-2-14(11-4-3-5-12(15)10-11)16-13-6-8-18(17)9-7-13/h3-5,10,13-14,16H,2,6-9H2,1H3. The summed E-state index contributed by atoms with van der Waals surface area (Å²) in [6.45, 7) is 2.10. The summed E-state index contributed by atoms with van der Waals surface area (Å²) in [5, 5.41) is 3.57. The Bertz CT molecular complexity index is 414. The zero-order valence-electron chi connectivity index (χ0n) is 10.7. The molecule has 2 rings (SSSR count). The average molecular weight is 269 g/mol. The van der Waals surface area contributed by atoms with E-state index in [2.05, 4.69) is 12.2 Å². The molecule has 1 N–H and O–H groups in total. The summed E-state index contributed by atoms with van der Waals surface area (Å²) in [5.74, 6) is 1.40. The van der Waals surface area contributed by atoms with Crippen LogP contribution in [-0.4, -0.2) is 21.8 Å². The largest absolute Gasteiger partial charge is 0.307 e. The molecule has 0 aromatic heterocycles. The van der Waals surface area contributed by atoms with Crippen molar-refractivity contribution in [3.63, 3.8) is 0 Å². The molecule has 1 unspecified atom stereocenters. The van der Waals surface area contributed by atoms with Crippen molar-refractivity contribution < 1.29 is 8.60 Å². The van der Waals surface area contributed by atoms with Gasteiger partial charge in [-0.2, -0.15) is 0 Å². The number of hydrogen-bond acceptors (Lipinski definition) is 2. The lowest BCUT2D eigenvalue weighted by Gasteiger charge is -2.28.